The van der Waals surface area contributed by atoms with E-state index in [1.54, 1.807) is 10.9 Å². The normalized spacial score (nSPS) is 15.0. The molecule has 0 atom stereocenters. The van der Waals surface area contributed by atoms with Gasteiger partial charge < -0.3 is 4.90 Å². The topological polar surface area (TPSA) is 51.0 Å². The second-order valence-corrected chi connectivity index (χ2v) is 7.62. The summed E-state index contributed by atoms with van der Waals surface area (Å²) in [5.74, 6) is 0.479. The lowest BCUT2D eigenvalue weighted by Crippen LogP contribution is -2.38. The molecule has 2 aromatic heterocycles. The highest BCUT2D eigenvalue weighted by Gasteiger charge is 2.27. The second kappa shape index (κ2) is 7.58. The highest BCUT2D eigenvalue weighted by atomic mass is 16.2. The number of hydrogen-bond acceptors (Lipinski definition) is 3. The standard InChI is InChI=1S/C23H26N4O/c1-16-13-20(18-7-5-4-6-8-18)14-22(25-16)19-9-11-27(12-10-19)23(28)21-15-24-26(3)17(21)2/h4-8,13-15,19H,9-12H2,1-3H3. The third kappa shape index (κ3) is 3.57. The molecule has 0 aliphatic carbocycles. The van der Waals surface area contributed by atoms with E-state index >= 15 is 0 Å². The summed E-state index contributed by atoms with van der Waals surface area (Å²) in [6.45, 7) is 5.51. The van der Waals surface area contributed by atoms with Gasteiger partial charge in [0, 0.05) is 43.1 Å². The van der Waals surface area contributed by atoms with Gasteiger partial charge in [-0.1, -0.05) is 30.3 Å². The Morgan fingerprint density at radius 2 is 1.75 bits per heavy atom. The maximum atomic E-state index is 12.8. The molecule has 0 radical (unpaired) electrons. The van der Waals surface area contributed by atoms with Crippen LogP contribution >= 0.6 is 0 Å². The number of pyridine rings is 1. The summed E-state index contributed by atoms with van der Waals surface area (Å²) in [5.41, 5.74) is 6.24. The fraction of sp³-hybridized carbons (Fsp3) is 0.348. The van der Waals surface area contributed by atoms with Crippen LogP contribution in [0.1, 0.15) is 46.2 Å². The van der Waals surface area contributed by atoms with E-state index in [9.17, 15) is 4.79 Å². The van der Waals surface area contributed by atoms with Crippen LogP contribution < -0.4 is 0 Å². The van der Waals surface area contributed by atoms with Crippen LogP contribution in [-0.2, 0) is 7.05 Å². The number of aromatic nitrogens is 3. The Morgan fingerprint density at radius 3 is 2.39 bits per heavy atom. The summed E-state index contributed by atoms with van der Waals surface area (Å²) < 4.78 is 1.75. The number of benzene rings is 1. The average Bonchev–Trinajstić information content (AvgIpc) is 3.06. The zero-order valence-corrected chi connectivity index (χ0v) is 16.7. The predicted molar refractivity (Wildman–Crippen MR) is 110 cm³/mol. The Bertz CT molecular complexity index is 985. The maximum absolute atomic E-state index is 12.8. The maximum Gasteiger partial charge on any atom is 0.257 e. The molecule has 0 spiro atoms. The Labute approximate surface area is 166 Å². The minimum Gasteiger partial charge on any atom is -0.338 e. The summed E-state index contributed by atoms with van der Waals surface area (Å²) in [4.78, 5) is 19.6. The molecule has 28 heavy (non-hydrogen) atoms. The summed E-state index contributed by atoms with van der Waals surface area (Å²) in [6.07, 6.45) is 3.56. The van der Waals surface area contributed by atoms with Crippen molar-refractivity contribution in [3.63, 3.8) is 0 Å². The van der Waals surface area contributed by atoms with E-state index in [0.29, 0.717) is 11.5 Å². The van der Waals surface area contributed by atoms with Crippen LogP contribution in [0.5, 0.6) is 0 Å². The van der Waals surface area contributed by atoms with Crippen LogP contribution in [0.15, 0.2) is 48.7 Å². The lowest BCUT2D eigenvalue weighted by atomic mass is 9.91. The fourth-order valence-electron chi connectivity index (χ4n) is 3.96. The number of rotatable bonds is 3. The molecule has 1 fully saturated rings. The SMILES string of the molecule is Cc1cc(-c2ccccc2)cc(C2CCN(C(=O)c3cnn(C)c3C)CC2)n1. The van der Waals surface area contributed by atoms with Crippen LogP contribution in [0.2, 0.25) is 0 Å². The Morgan fingerprint density at radius 1 is 1.04 bits per heavy atom. The molecule has 0 N–H and O–H groups in total. The minimum atomic E-state index is 0.0891. The number of carbonyl (C=O) groups is 1. The van der Waals surface area contributed by atoms with Gasteiger partial charge in [-0.15, -0.1) is 0 Å². The van der Waals surface area contributed by atoms with Crippen LogP contribution in [0.25, 0.3) is 11.1 Å². The van der Waals surface area contributed by atoms with E-state index in [1.165, 1.54) is 11.1 Å². The number of piperidine rings is 1. The largest absolute Gasteiger partial charge is 0.338 e. The first-order valence-electron chi connectivity index (χ1n) is 9.85. The molecule has 1 aromatic carbocycles. The summed E-state index contributed by atoms with van der Waals surface area (Å²) in [6, 6.07) is 14.8. The average molecular weight is 374 g/mol. The van der Waals surface area contributed by atoms with Crippen LogP contribution in [0.3, 0.4) is 0 Å². The molecule has 0 bridgehead atoms. The van der Waals surface area contributed by atoms with Crippen LogP contribution in [0.4, 0.5) is 0 Å². The fourth-order valence-corrected chi connectivity index (χ4v) is 3.96. The molecule has 5 heteroatoms. The smallest absolute Gasteiger partial charge is 0.257 e. The third-order valence-corrected chi connectivity index (χ3v) is 5.75. The molecule has 0 unspecified atom stereocenters. The van der Waals surface area contributed by atoms with Crippen molar-refractivity contribution in [3.8, 4) is 11.1 Å². The van der Waals surface area contributed by atoms with Gasteiger partial charge in [-0.25, -0.2) is 0 Å². The number of likely N-dealkylation sites (tertiary alicyclic amines) is 1. The summed E-state index contributed by atoms with van der Waals surface area (Å²) >= 11 is 0. The molecule has 144 valence electrons. The molecule has 1 aliphatic rings. The molecule has 1 aliphatic heterocycles. The lowest BCUT2D eigenvalue weighted by molar-refractivity contribution is 0.0711. The van der Waals surface area contributed by atoms with E-state index in [0.717, 1.165) is 43.0 Å². The molecular weight excluding hydrogens is 348 g/mol. The van der Waals surface area contributed by atoms with Gasteiger partial charge in [0.05, 0.1) is 11.8 Å². The van der Waals surface area contributed by atoms with E-state index in [-0.39, 0.29) is 5.91 Å². The van der Waals surface area contributed by atoms with Gasteiger partial charge in [0.15, 0.2) is 0 Å². The van der Waals surface area contributed by atoms with Crippen molar-refractivity contribution in [1.82, 2.24) is 19.7 Å². The van der Waals surface area contributed by atoms with E-state index in [1.807, 2.05) is 24.9 Å². The van der Waals surface area contributed by atoms with E-state index < -0.39 is 0 Å². The number of amides is 1. The zero-order chi connectivity index (χ0) is 19.7. The molecule has 3 heterocycles. The quantitative estimate of drug-likeness (QED) is 0.693. The van der Waals surface area contributed by atoms with Crippen molar-refractivity contribution >= 4 is 5.91 Å². The molecule has 5 nitrogen and oxygen atoms in total. The van der Waals surface area contributed by atoms with Gasteiger partial charge in [-0.2, -0.15) is 5.10 Å². The van der Waals surface area contributed by atoms with Gasteiger partial charge >= 0.3 is 0 Å². The highest BCUT2D eigenvalue weighted by Crippen LogP contribution is 2.31. The van der Waals surface area contributed by atoms with Gasteiger partial charge in [-0.05, 0) is 49.9 Å². The molecule has 1 saturated heterocycles. The van der Waals surface area contributed by atoms with Crippen molar-refractivity contribution < 1.29 is 4.79 Å². The molecular formula is C23H26N4O. The van der Waals surface area contributed by atoms with Gasteiger partial charge in [-0.3, -0.25) is 14.5 Å². The molecule has 0 saturated carbocycles. The molecule has 3 aromatic rings. The number of nitrogens with zero attached hydrogens (tertiary/aromatic N) is 4. The van der Waals surface area contributed by atoms with Crippen molar-refractivity contribution in [2.45, 2.75) is 32.6 Å². The van der Waals surface area contributed by atoms with Gasteiger partial charge in [0.25, 0.3) is 5.91 Å². The minimum absolute atomic E-state index is 0.0891. The number of carbonyl (C=O) groups excluding carboxylic acids is 1. The highest BCUT2D eigenvalue weighted by molar-refractivity contribution is 5.95. The van der Waals surface area contributed by atoms with E-state index in [4.69, 9.17) is 4.98 Å². The predicted octanol–water partition coefficient (Wildman–Crippen LogP) is 4.12. The van der Waals surface area contributed by atoms with Crippen LogP contribution in [-0.4, -0.2) is 38.7 Å². The Kier molecular flexibility index (Phi) is 4.99. The molecule has 1 amide bonds. The first kappa shape index (κ1) is 18.4. The summed E-state index contributed by atoms with van der Waals surface area (Å²) in [7, 11) is 1.87. The number of hydrogen-bond donors (Lipinski definition) is 0. The van der Waals surface area contributed by atoms with Gasteiger partial charge in [0.2, 0.25) is 0 Å². The number of aryl methyl sites for hydroxylation is 2. The Hall–Kier alpha value is -2.95. The first-order chi connectivity index (χ1) is 13.5. The van der Waals surface area contributed by atoms with Crippen molar-refractivity contribution in [3.05, 3.63) is 71.3 Å². The lowest BCUT2D eigenvalue weighted by Gasteiger charge is -2.32. The summed E-state index contributed by atoms with van der Waals surface area (Å²) in [5, 5.41) is 4.20. The van der Waals surface area contributed by atoms with Crippen molar-refractivity contribution in [2.24, 2.45) is 7.05 Å². The van der Waals surface area contributed by atoms with Crippen molar-refractivity contribution in [1.29, 1.82) is 0 Å². The van der Waals surface area contributed by atoms with E-state index in [2.05, 4.69) is 48.4 Å². The van der Waals surface area contributed by atoms with Crippen molar-refractivity contribution in [2.75, 3.05) is 13.1 Å². The molecule has 4 rings (SSSR count). The Balaban J connectivity index is 1.49. The van der Waals surface area contributed by atoms with Crippen LogP contribution in [0, 0.1) is 13.8 Å². The van der Waals surface area contributed by atoms with Gasteiger partial charge in [0.1, 0.15) is 0 Å². The third-order valence-electron chi connectivity index (χ3n) is 5.75. The second-order valence-electron chi connectivity index (χ2n) is 7.62. The zero-order valence-electron chi connectivity index (χ0n) is 16.7. The first-order valence-corrected chi connectivity index (χ1v) is 9.85. The monoisotopic (exact) mass is 374 g/mol.